The van der Waals surface area contributed by atoms with Crippen LogP contribution in [0.3, 0.4) is 0 Å². The molecule has 0 N–H and O–H groups in total. The predicted molar refractivity (Wildman–Crippen MR) is 77.2 cm³/mol. The van der Waals surface area contributed by atoms with E-state index < -0.39 is 0 Å². The molecule has 1 nitrogen and oxygen atoms in total. The summed E-state index contributed by atoms with van der Waals surface area (Å²) in [6.07, 6.45) is 7.33. The number of rotatable bonds is 5. The van der Waals surface area contributed by atoms with Gasteiger partial charge in [0.1, 0.15) is 4.75 Å². The van der Waals surface area contributed by atoms with E-state index in [1.807, 2.05) is 11.8 Å². The minimum absolute atomic E-state index is 0.0947. The highest BCUT2D eigenvalue weighted by molar-refractivity contribution is 8.02. The molecular weight excluding hydrogens is 226 g/mol. The SMILES string of the molecule is CCCC1(CCC)CC(C#N)(SC(C)(C)C)C1. The summed E-state index contributed by atoms with van der Waals surface area (Å²) in [5.74, 6) is 0. The molecule has 1 aliphatic rings. The van der Waals surface area contributed by atoms with E-state index in [-0.39, 0.29) is 9.49 Å². The van der Waals surface area contributed by atoms with Crippen molar-refractivity contribution >= 4 is 11.8 Å². The molecule has 0 spiro atoms. The quantitative estimate of drug-likeness (QED) is 0.675. The molecular formula is C15H27NS. The van der Waals surface area contributed by atoms with E-state index in [4.69, 9.17) is 0 Å². The van der Waals surface area contributed by atoms with Crippen molar-refractivity contribution in [2.75, 3.05) is 0 Å². The molecule has 0 amide bonds. The lowest BCUT2D eigenvalue weighted by atomic mass is 9.58. The monoisotopic (exact) mass is 253 g/mol. The number of nitriles is 1. The number of hydrogen-bond donors (Lipinski definition) is 0. The van der Waals surface area contributed by atoms with Gasteiger partial charge in [0.05, 0.1) is 6.07 Å². The predicted octanol–water partition coefficient (Wildman–Crippen LogP) is 5.16. The first kappa shape index (κ1) is 14.9. The van der Waals surface area contributed by atoms with Crippen molar-refractivity contribution in [3.63, 3.8) is 0 Å². The summed E-state index contributed by atoms with van der Waals surface area (Å²) in [6.45, 7) is 11.2. The van der Waals surface area contributed by atoms with Gasteiger partial charge in [0.15, 0.2) is 0 Å². The molecule has 0 saturated heterocycles. The molecule has 1 aliphatic carbocycles. The Hall–Kier alpha value is -0.160. The summed E-state index contributed by atoms with van der Waals surface area (Å²) in [5, 5.41) is 9.50. The van der Waals surface area contributed by atoms with Crippen molar-refractivity contribution in [3.8, 4) is 6.07 Å². The molecule has 2 heteroatoms. The van der Waals surface area contributed by atoms with Gasteiger partial charge in [0.2, 0.25) is 0 Å². The molecule has 0 aromatic rings. The zero-order valence-electron chi connectivity index (χ0n) is 12.1. The summed E-state index contributed by atoms with van der Waals surface area (Å²) < 4.78 is 0.100. The third-order valence-electron chi connectivity index (χ3n) is 3.59. The number of nitrogens with zero attached hydrogens (tertiary/aromatic N) is 1. The summed E-state index contributed by atoms with van der Waals surface area (Å²) >= 11 is 1.88. The second-order valence-corrected chi connectivity index (χ2v) is 8.88. The summed E-state index contributed by atoms with van der Waals surface area (Å²) in [4.78, 5) is 0. The van der Waals surface area contributed by atoms with Gasteiger partial charge in [-0.05, 0) is 31.1 Å². The first-order valence-electron chi connectivity index (χ1n) is 6.92. The minimum Gasteiger partial charge on any atom is -0.197 e. The molecule has 0 aromatic carbocycles. The topological polar surface area (TPSA) is 23.8 Å². The second kappa shape index (κ2) is 5.22. The third kappa shape index (κ3) is 3.65. The summed E-state index contributed by atoms with van der Waals surface area (Å²) in [5.41, 5.74) is 0.484. The lowest BCUT2D eigenvalue weighted by Gasteiger charge is -2.54. The first-order chi connectivity index (χ1) is 7.80. The van der Waals surface area contributed by atoms with Crippen LogP contribution in [-0.4, -0.2) is 9.49 Å². The van der Waals surface area contributed by atoms with Crippen LogP contribution in [0.4, 0.5) is 0 Å². The van der Waals surface area contributed by atoms with E-state index in [9.17, 15) is 5.26 Å². The Bertz CT molecular complexity index is 281. The molecule has 0 radical (unpaired) electrons. The number of hydrogen-bond acceptors (Lipinski definition) is 2. The summed E-state index contributed by atoms with van der Waals surface area (Å²) in [6, 6.07) is 2.61. The molecule has 0 bridgehead atoms. The van der Waals surface area contributed by atoms with E-state index in [0.717, 1.165) is 12.8 Å². The molecule has 1 saturated carbocycles. The zero-order chi connectivity index (χ0) is 13.2. The van der Waals surface area contributed by atoms with Crippen LogP contribution in [0.1, 0.15) is 73.1 Å². The Morgan fingerprint density at radius 1 is 1.12 bits per heavy atom. The van der Waals surface area contributed by atoms with E-state index >= 15 is 0 Å². The highest BCUT2D eigenvalue weighted by atomic mass is 32.2. The van der Waals surface area contributed by atoms with Gasteiger partial charge in [-0.3, -0.25) is 0 Å². The van der Waals surface area contributed by atoms with Crippen LogP contribution >= 0.6 is 11.8 Å². The van der Waals surface area contributed by atoms with Crippen LogP contribution in [0.25, 0.3) is 0 Å². The van der Waals surface area contributed by atoms with Gasteiger partial charge < -0.3 is 0 Å². The van der Waals surface area contributed by atoms with Gasteiger partial charge in [-0.25, -0.2) is 0 Å². The fourth-order valence-electron chi connectivity index (χ4n) is 3.46. The lowest BCUT2D eigenvalue weighted by molar-refractivity contribution is 0.0825. The van der Waals surface area contributed by atoms with Crippen molar-refractivity contribution in [1.82, 2.24) is 0 Å². The van der Waals surface area contributed by atoms with Crippen LogP contribution in [0.5, 0.6) is 0 Å². The van der Waals surface area contributed by atoms with Gasteiger partial charge in [-0.2, -0.15) is 5.26 Å². The molecule has 17 heavy (non-hydrogen) atoms. The maximum atomic E-state index is 9.50. The van der Waals surface area contributed by atoms with Crippen molar-refractivity contribution in [3.05, 3.63) is 0 Å². The molecule has 1 fully saturated rings. The van der Waals surface area contributed by atoms with Crippen molar-refractivity contribution in [2.24, 2.45) is 5.41 Å². The Labute approximate surface area is 111 Å². The summed E-state index contributed by atoms with van der Waals surface area (Å²) in [7, 11) is 0. The fourth-order valence-corrected chi connectivity index (χ4v) is 5.43. The van der Waals surface area contributed by atoms with E-state index in [0.29, 0.717) is 5.41 Å². The lowest BCUT2D eigenvalue weighted by Crippen LogP contribution is -2.50. The zero-order valence-corrected chi connectivity index (χ0v) is 12.9. The second-order valence-electron chi connectivity index (χ2n) is 6.67. The maximum absolute atomic E-state index is 9.50. The fraction of sp³-hybridized carbons (Fsp3) is 0.933. The Morgan fingerprint density at radius 2 is 1.59 bits per heavy atom. The van der Waals surface area contributed by atoms with Crippen LogP contribution in [-0.2, 0) is 0 Å². The van der Waals surface area contributed by atoms with Crippen LogP contribution in [0, 0.1) is 16.7 Å². The molecule has 0 heterocycles. The van der Waals surface area contributed by atoms with Crippen molar-refractivity contribution < 1.29 is 0 Å². The Balaban J connectivity index is 2.69. The van der Waals surface area contributed by atoms with Gasteiger partial charge in [-0.1, -0.05) is 47.5 Å². The van der Waals surface area contributed by atoms with Gasteiger partial charge in [0.25, 0.3) is 0 Å². The first-order valence-corrected chi connectivity index (χ1v) is 7.73. The smallest absolute Gasteiger partial charge is 0.104 e. The Kier molecular flexibility index (Phi) is 4.58. The van der Waals surface area contributed by atoms with E-state index in [1.54, 1.807) is 0 Å². The largest absolute Gasteiger partial charge is 0.197 e. The average Bonchev–Trinajstić information content (AvgIpc) is 2.13. The van der Waals surface area contributed by atoms with Crippen molar-refractivity contribution in [1.29, 1.82) is 5.26 Å². The standard InChI is InChI=1S/C15H27NS/c1-6-8-14(9-7-2)10-15(11-14,12-16)17-13(3,4)5/h6-11H2,1-5H3. The molecule has 0 aliphatic heterocycles. The van der Waals surface area contributed by atoms with Gasteiger partial charge >= 0.3 is 0 Å². The van der Waals surface area contributed by atoms with Crippen LogP contribution in [0.2, 0.25) is 0 Å². The number of thioether (sulfide) groups is 1. The highest BCUT2D eigenvalue weighted by Gasteiger charge is 2.55. The van der Waals surface area contributed by atoms with Crippen molar-refractivity contribution in [2.45, 2.75) is 82.6 Å². The molecule has 0 aromatic heterocycles. The molecule has 98 valence electrons. The molecule has 1 rings (SSSR count). The third-order valence-corrected chi connectivity index (χ3v) is 4.97. The van der Waals surface area contributed by atoms with Gasteiger partial charge in [0, 0.05) is 4.75 Å². The minimum atomic E-state index is -0.0947. The van der Waals surface area contributed by atoms with Gasteiger partial charge in [-0.15, -0.1) is 11.8 Å². The molecule has 0 atom stereocenters. The highest BCUT2D eigenvalue weighted by Crippen LogP contribution is 2.61. The average molecular weight is 253 g/mol. The maximum Gasteiger partial charge on any atom is 0.104 e. The van der Waals surface area contributed by atoms with Crippen LogP contribution in [0.15, 0.2) is 0 Å². The Morgan fingerprint density at radius 3 is 1.88 bits per heavy atom. The molecule has 0 unspecified atom stereocenters. The van der Waals surface area contributed by atoms with E-state index in [1.165, 1.54) is 25.7 Å². The normalized spacial score (nSPS) is 21.6. The van der Waals surface area contributed by atoms with Crippen LogP contribution < -0.4 is 0 Å². The van der Waals surface area contributed by atoms with E-state index in [2.05, 4.69) is 40.7 Å².